The maximum absolute atomic E-state index is 12.7. The minimum atomic E-state index is -0.525. The Kier molecular flexibility index (Phi) is 5.40. The Morgan fingerprint density at radius 2 is 1.48 bits per heavy atom. The summed E-state index contributed by atoms with van der Waals surface area (Å²) in [6.45, 7) is 8.13. The van der Waals surface area contributed by atoms with Gasteiger partial charge in [0.2, 0.25) is 0 Å². The summed E-state index contributed by atoms with van der Waals surface area (Å²) in [5, 5.41) is 6.03. The molecular formula is C19H28N4O2. The standard InChI is InChI=1S/C19H28N4O2/c1-7-19(4,21-18(25)16-14(3)9-11-23(16)6)12-20-17(24)15-13(2)8-10-22(15)5/h8-11H,7,12H2,1-6H3,(H,20,24)(H,21,25)/t19-/m1/s1. The molecule has 0 aliphatic heterocycles. The van der Waals surface area contributed by atoms with Crippen LogP contribution in [0.5, 0.6) is 0 Å². The van der Waals surface area contributed by atoms with Crippen molar-refractivity contribution in [3.8, 4) is 0 Å². The van der Waals surface area contributed by atoms with Crippen LogP contribution in [-0.4, -0.2) is 33.0 Å². The van der Waals surface area contributed by atoms with E-state index in [4.69, 9.17) is 0 Å². The van der Waals surface area contributed by atoms with Gasteiger partial charge < -0.3 is 19.8 Å². The highest BCUT2D eigenvalue weighted by molar-refractivity contribution is 5.95. The summed E-state index contributed by atoms with van der Waals surface area (Å²) in [5.74, 6) is -0.257. The topological polar surface area (TPSA) is 68.1 Å². The van der Waals surface area contributed by atoms with Crippen LogP contribution in [0, 0.1) is 13.8 Å². The first-order chi connectivity index (χ1) is 11.7. The minimum Gasteiger partial charge on any atom is -0.348 e. The average molecular weight is 344 g/mol. The smallest absolute Gasteiger partial charge is 0.268 e. The highest BCUT2D eigenvalue weighted by Crippen LogP contribution is 2.14. The summed E-state index contributed by atoms with van der Waals surface area (Å²) < 4.78 is 3.62. The average Bonchev–Trinajstić information content (AvgIpc) is 3.07. The van der Waals surface area contributed by atoms with Crippen molar-refractivity contribution in [3.63, 3.8) is 0 Å². The molecule has 6 nitrogen and oxygen atoms in total. The molecule has 0 saturated carbocycles. The van der Waals surface area contributed by atoms with Crippen molar-refractivity contribution in [1.29, 1.82) is 0 Å². The van der Waals surface area contributed by atoms with Crippen LogP contribution in [0.3, 0.4) is 0 Å². The molecule has 0 bridgehead atoms. The van der Waals surface area contributed by atoms with Gasteiger partial charge in [-0.2, -0.15) is 0 Å². The van der Waals surface area contributed by atoms with E-state index in [0.29, 0.717) is 24.4 Å². The summed E-state index contributed by atoms with van der Waals surface area (Å²) in [6.07, 6.45) is 4.44. The SMILES string of the molecule is CC[C@](C)(CNC(=O)c1c(C)ccn1C)NC(=O)c1c(C)ccn1C. The van der Waals surface area contributed by atoms with Crippen molar-refractivity contribution in [2.24, 2.45) is 14.1 Å². The van der Waals surface area contributed by atoms with Gasteiger partial charge in [0.15, 0.2) is 0 Å². The lowest BCUT2D eigenvalue weighted by molar-refractivity contribution is 0.0861. The Hall–Kier alpha value is -2.50. The number of amides is 2. The second kappa shape index (κ2) is 7.17. The van der Waals surface area contributed by atoms with Gasteiger partial charge in [-0.25, -0.2) is 0 Å². The van der Waals surface area contributed by atoms with Crippen LogP contribution in [0.15, 0.2) is 24.5 Å². The van der Waals surface area contributed by atoms with Crippen LogP contribution in [0.2, 0.25) is 0 Å². The van der Waals surface area contributed by atoms with Crippen molar-refractivity contribution >= 4 is 11.8 Å². The minimum absolute atomic E-state index is 0.126. The van der Waals surface area contributed by atoms with Crippen LogP contribution < -0.4 is 10.6 Å². The molecule has 6 heteroatoms. The van der Waals surface area contributed by atoms with E-state index in [1.807, 2.05) is 70.9 Å². The molecule has 136 valence electrons. The molecular weight excluding hydrogens is 316 g/mol. The van der Waals surface area contributed by atoms with Gasteiger partial charge in [0.1, 0.15) is 11.4 Å². The lowest BCUT2D eigenvalue weighted by Crippen LogP contribution is -2.53. The fourth-order valence-electron chi connectivity index (χ4n) is 2.94. The summed E-state index contributed by atoms with van der Waals surface area (Å²) in [5.41, 5.74) is 2.62. The van der Waals surface area contributed by atoms with Crippen LogP contribution >= 0.6 is 0 Å². The summed E-state index contributed by atoms with van der Waals surface area (Å²) in [7, 11) is 3.70. The first-order valence-corrected chi connectivity index (χ1v) is 8.53. The van der Waals surface area contributed by atoms with E-state index in [1.54, 1.807) is 4.57 Å². The highest BCUT2D eigenvalue weighted by atomic mass is 16.2. The van der Waals surface area contributed by atoms with Crippen LogP contribution in [0.1, 0.15) is 52.4 Å². The summed E-state index contributed by atoms with van der Waals surface area (Å²) >= 11 is 0. The molecule has 2 N–H and O–H groups in total. The van der Waals surface area contributed by atoms with Gasteiger partial charge >= 0.3 is 0 Å². The molecule has 2 aromatic heterocycles. The molecule has 0 radical (unpaired) electrons. The van der Waals surface area contributed by atoms with E-state index in [9.17, 15) is 9.59 Å². The number of hydrogen-bond acceptors (Lipinski definition) is 2. The molecule has 2 amide bonds. The van der Waals surface area contributed by atoms with E-state index in [-0.39, 0.29) is 11.8 Å². The Morgan fingerprint density at radius 3 is 1.88 bits per heavy atom. The largest absolute Gasteiger partial charge is 0.348 e. The van der Waals surface area contributed by atoms with E-state index in [1.165, 1.54) is 0 Å². The number of aryl methyl sites for hydroxylation is 4. The second-order valence-corrected chi connectivity index (χ2v) is 6.97. The fourth-order valence-corrected chi connectivity index (χ4v) is 2.94. The molecule has 2 aromatic rings. The number of nitrogens with zero attached hydrogens (tertiary/aromatic N) is 2. The number of rotatable bonds is 6. The van der Waals surface area contributed by atoms with Crippen molar-refractivity contribution in [2.75, 3.05) is 6.54 Å². The first-order valence-electron chi connectivity index (χ1n) is 8.53. The summed E-state index contributed by atoms with van der Waals surface area (Å²) in [4.78, 5) is 25.1. The molecule has 0 spiro atoms. The molecule has 0 aliphatic rings. The maximum atomic E-state index is 12.7. The molecule has 0 fully saturated rings. The zero-order chi connectivity index (χ0) is 18.8. The van der Waals surface area contributed by atoms with E-state index in [2.05, 4.69) is 10.6 Å². The van der Waals surface area contributed by atoms with Gasteiger partial charge in [0.05, 0.1) is 5.54 Å². The molecule has 0 unspecified atom stereocenters. The molecule has 0 aromatic carbocycles. The summed E-state index contributed by atoms with van der Waals surface area (Å²) in [6, 6.07) is 3.83. The van der Waals surface area contributed by atoms with Gasteiger partial charge in [0, 0.05) is 33.0 Å². The molecule has 2 rings (SSSR count). The lowest BCUT2D eigenvalue weighted by atomic mass is 9.98. The van der Waals surface area contributed by atoms with E-state index >= 15 is 0 Å². The van der Waals surface area contributed by atoms with Gasteiger partial charge in [-0.1, -0.05) is 6.92 Å². The van der Waals surface area contributed by atoms with Gasteiger partial charge in [-0.15, -0.1) is 0 Å². The third-order valence-electron chi connectivity index (χ3n) is 4.81. The Morgan fingerprint density at radius 1 is 1.00 bits per heavy atom. The monoisotopic (exact) mass is 344 g/mol. The molecule has 2 heterocycles. The van der Waals surface area contributed by atoms with Crippen LogP contribution in [-0.2, 0) is 14.1 Å². The highest BCUT2D eigenvalue weighted by Gasteiger charge is 2.28. The molecule has 0 aliphatic carbocycles. The Balaban J connectivity index is 2.07. The van der Waals surface area contributed by atoms with Crippen molar-refractivity contribution < 1.29 is 9.59 Å². The van der Waals surface area contributed by atoms with E-state index in [0.717, 1.165) is 11.1 Å². The molecule has 0 saturated heterocycles. The zero-order valence-corrected chi connectivity index (χ0v) is 15.9. The van der Waals surface area contributed by atoms with Crippen LogP contribution in [0.25, 0.3) is 0 Å². The lowest BCUT2D eigenvalue weighted by Gasteiger charge is -2.30. The Bertz CT molecular complexity index is 748. The third kappa shape index (κ3) is 3.95. The number of carbonyl (C=O) groups is 2. The quantitative estimate of drug-likeness (QED) is 0.844. The van der Waals surface area contributed by atoms with Crippen molar-refractivity contribution in [1.82, 2.24) is 19.8 Å². The Labute approximate surface area is 149 Å². The fraction of sp³-hybridized carbons (Fsp3) is 0.474. The predicted molar refractivity (Wildman–Crippen MR) is 98.8 cm³/mol. The predicted octanol–water partition coefficient (Wildman–Crippen LogP) is 2.31. The van der Waals surface area contributed by atoms with Crippen LogP contribution in [0.4, 0.5) is 0 Å². The second-order valence-electron chi connectivity index (χ2n) is 6.97. The van der Waals surface area contributed by atoms with Crippen molar-refractivity contribution in [3.05, 3.63) is 47.0 Å². The van der Waals surface area contributed by atoms with Gasteiger partial charge in [-0.05, 0) is 50.5 Å². The number of aromatic nitrogens is 2. The first kappa shape index (κ1) is 18.8. The zero-order valence-electron chi connectivity index (χ0n) is 15.9. The number of nitrogens with one attached hydrogen (secondary N) is 2. The van der Waals surface area contributed by atoms with Gasteiger partial charge in [-0.3, -0.25) is 9.59 Å². The van der Waals surface area contributed by atoms with E-state index < -0.39 is 5.54 Å². The van der Waals surface area contributed by atoms with Gasteiger partial charge in [0.25, 0.3) is 11.8 Å². The molecule has 25 heavy (non-hydrogen) atoms. The molecule has 1 atom stereocenters. The number of hydrogen-bond donors (Lipinski definition) is 2. The maximum Gasteiger partial charge on any atom is 0.268 e. The third-order valence-corrected chi connectivity index (χ3v) is 4.81. The normalized spacial score (nSPS) is 13.4. The number of carbonyl (C=O) groups excluding carboxylic acids is 2. The van der Waals surface area contributed by atoms with Crippen molar-refractivity contribution in [2.45, 2.75) is 39.7 Å².